The molecule has 0 bridgehead atoms. The van der Waals surface area contributed by atoms with E-state index >= 15 is 0 Å². The number of hydrazone groups is 1. The second-order valence-corrected chi connectivity index (χ2v) is 8.52. The van der Waals surface area contributed by atoms with Gasteiger partial charge in [0.1, 0.15) is 23.3 Å². The number of hydrogen-bond acceptors (Lipinski definition) is 6. The number of amides is 1. The molecule has 0 radical (unpaired) electrons. The van der Waals surface area contributed by atoms with Crippen molar-refractivity contribution < 1.29 is 13.6 Å². The van der Waals surface area contributed by atoms with Crippen LogP contribution in [0.15, 0.2) is 62.2 Å². The third-order valence-electron chi connectivity index (χ3n) is 5.23. The molecule has 6 nitrogen and oxygen atoms in total. The zero-order valence-corrected chi connectivity index (χ0v) is 17.7. The first-order valence-corrected chi connectivity index (χ1v) is 10.6. The average molecular weight is 412 g/mol. The van der Waals surface area contributed by atoms with Crippen LogP contribution < -0.4 is 0 Å². The number of rotatable bonds is 7. The van der Waals surface area contributed by atoms with Gasteiger partial charge < -0.3 is 8.83 Å². The molecular formula is C22H25N3O3S. The average Bonchev–Trinajstić information content (AvgIpc) is 3.47. The van der Waals surface area contributed by atoms with Crippen LogP contribution in [0, 0.1) is 6.92 Å². The van der Waals surface area contributed by atoms with Crippen molar-refractivity contribution in [3.8, 4) is 0 Å². The lowest BCUT2D eigenvalue weighted by Crippen LogP contribution is -2.41. The highest BCUT2D eigenvalue weighted by atomic mass is 32.1. The monoisotopic (exact) mass is 411 g/mol. The highest BCUT2D eigenvalue weighted by Crippen LogP contribution is 2.33. The smallest absolute Gasteiger partial charge is 0.257 e. The molecule has 0 N–H and O–H groups in total. The number of carbonyl (C=O) groups is 1. The van der Waals surface area contributed by atoms with Crippen LogP contribution in [0.4, 0.5) is 0 Å². The van der Waals surface area contributed by atoms with Crippen LogP contribution in [-0.4, -0.2) is 34.1 Å². The van der Waals surface area contributed by atoms with E-state index in [0.717, 1.165) is 18.0 Å². The Morgan fingerprint density at radius 2 is 2.07 bits per heavy atom. The Morgan fingerprint density at radius 1 is 1.28 bits per heavy atom. The molecule has 1 unspecified atom stereocenters. The van der Waals surface area contributed by atoms with Crippen molar-refractivity contribution in [3.05, 3.63) is 70.2 Å². The molecule has 3 aromatic heterocycles. The number of carbonyl (C=O) groups excluding carboxylic acids is 1. The van der Waals surface area contributed by atoms with E-state index in [0.29, 0.717) is 18.7 Å². The van der Waals surface area contributed by atoms with Gasteiger partial charge in [-0.15, -0.1) is 11.3 Å². The van der Waals surface area contributed by atoms with Gasteiger partial charge in [-0.25, -0.2) is 5.01 Å². The molecule has 152 valence electrons. The Kier molecular flexibility index (Phi) is 5.69. The first-order valence-electron chi connectivity index (χ1n) is 9.76. The quantitative estimate of drug-likeness (QED) is 0.559. The SMILES string of the molecule is Cc1ccsc1CN(CC(=O)N1N=C(c2ccco2)CC1c1ccco1)C(C)C. The van der Waals surface area contributed by atoms with Gasteiger partial charge in [-0.1, -0.05) is 0 Å². The summed E-state index contributed by atoms with van der Waals surface area (Å²) in [4.78, 5) is 16.8. The topological polar surface area (TPSA) is 62.2 Å². The number of thiophene rings is 1. The van der Waals surface area contributed by atoms with Crippen molar-refractivity contribution >= 4 is 23.0 Å². The first kappa shape index (κ1) is 19.7. The minimum atomic E-state index is -0.255. The van der Waals surface area contributed by atoms with E-state index < -0.39 is 0 Å². The standard InChI is InChI=1S/C22H25N3O3S/c1-15(2)24(13-21-16(3)8-11-29-21)14-22(26)25-18(20-7-5-10-28-20)12-17(23-25)19-6-4-9-27-19/h4-11,15,18H,12-14H2,1-3H3. The number of hydrogen-bond donors (Lipinski definition) is 0. The maximum atomic E-state index is 13.3. The summed E-state index contributed by atoms with van der Waals surface area (Å²) >= 11 is 1.73. The fraction of sp³-hybridized carbons (Fsp3) is 0.364. The van der Waals surface area contributed by atoms with E-state index in [4.69, 9.17) is 8.83 Å². The molecule has 4 heterocycles. The molecule has 0 aromatic carbocycles. The lowest BCUT2D eigenvalue weighted by atomic mass is 10.1. The zero-order chi connectivity index (χ0) is 20.4. The lowest BCUT2D eigenvalue weighted by molar-refractivity contribution is -0.135. The summed E-state index contributed by atoms with van der Waals surface area (Å²) in [5, 5.41) is 8.28. The van der Waals surface area contributed by atoms with Gasteiger partial charge in [0.2, 0.25) is 0 Å². The van der Waals surface area contributed by atoms with Crippen LogP contribution in [0.2, 0.25) is 0 Å². The van der Waals surface area contributed by atoms with Gasteiger partial charge in [0.05, 0.1) is 19.1 Å². The molecule has 0 saturated heterocycles. The van der Waals surface area contributed by atoms with Crippen molar-refractivity contribution in [2.24, 2.45) is 5.10 Å². The van der Waals surface area contributed by atoms with Crippen molar-refractivity contribution in [1.29, 1.82) is 0 Å². The van der Waals surface area contributed by atoms with Crippen LogP contribution in [0.1, 0.15) is 48.3 Å². The fourth-order valence-electron chi connectivity index (χ4n) is 3.45. The van der Waals surface area contributed by atoms with Crippen molar-refractivity contribution in [2.45, 2.75) is 45.8 Å². The van der Waals surface area contributed by atoms with E-state index in [1.807, 2.05) is 24.3 Å². The van der Waals surface area contributed by atoms with Crippen molar-refractivity contribution in [1.82, 2.24) is 9.91 Å². The maximum Gasteiger partial charge on any atom is 0.257 e. The fourth-order valence-corrected chi connectivity index (χ4v) is 4.38. The predicted molar refractivity (Wildman–Crippen MR) is 113 cm³/mol. The highest BCUT2D eigenvalue weighted by Gasteiger charge is 2.36. The van der Waals surface area contributed by atoms with Crippen LogP contribution in [0.5, 0.6) is 0 Å². The Morgan fingerprint density at radius 3 is 2.69 bits per heavy atom. The second-order valence-electron chi connectivity index (χ2n) is 7.52. The maximum absolute atomic E-state index is 13.3. The summed E-state index contributed by atoms with van der Waals surface area (Å²) in [5.74, 6) is 1.37. The minimum absolute atomic E-state index is 0.0455. The normalized spacial score (nSPS) is 16.8. The van der Waals surface area contributed by atoms with Gasteiger partial charge in [-0.05, 0) is 62.0 Å². The molecule has 4 rings (SSSR count). The van der Waals surface area contributed by atoms with Gasteiger partial charge >= 0.3 is 0 Å². The van der Waals surface area contributed by atoms with Crippen LogP contribution in [0.3, 0.4) is 0 Å². The van der Waals surface area contributed by atoms with Gasteiger partial charge in [0, 0.05) is 23.9 Å². The molecule has 0 spiro atoms. The largest absolute Gasteiger partial charge is 0.467 e. The molecule has 1 aliphatic rings. The van der Waals surface area contributed by atoms with E-state index in [9.17, 15) is 4.79 Å². The van der Waals surface area contributed by atoms with Gasteiger partial charge in [-0.2, -0.15) is 5.10 Å². The van der Waals surface area contributed by atoms with Crippen LogP contribution in [-0.2, 0) is 11.3 Å². The minimum Gasteiger partial charge on any atom is -0.467 e. The summed E-state index contributed by atoms with van der Waals surface area (Å²) in [7, 11) is 0. The Hall–Kier alpha value is -2.64. The predicted octanol–water partition coefficient (Wildman–Crippen LogP) is 4.83. The summed E-state index contributed by atoms with van der Waals surface area (Å²) < 4.78 is 11.1. The number of furan rings is 2. The molecule has 1 amide bonds. The molecule has 0 aliphatic carbocycles. The molecule has 3 aromatic rings. The van der Waals surface area contributed by atoms with Gasteiger partial charge in [0.25, 0.3) is 5.91 Å². The van der Waals surface area contributed by atoms with Crippen LogP contribution >= 0.6 is 11.3 Å². The molecule has 0 saturated carbocycles. The van der Waals surface area contributed by atoms with E-state index in [1.54, 1.807) is 28.9 Å². The number of nitrogens with zero attached hydrogens (tertiary/aromatic N) is 3. The van der Waals surface area contributed by atoms with Crippen molar-refractivity contribution in [3.63, 3.8) is 0 Å². The Labute approximate surface area is 174 Å². The second kappa shape index (κ2) is 8.39. The lowest BCUT2D eigenvalue weighted by Gasteiger charge is -2.28. The molecular weight excluding hydrogens is 386 g/mol. The molecule has 1 aliphatic heterocycles. The molecule has 29 heavy (non-hydrogen) atoms. The third kappa shape index (κ3) is 4.21. The molecule has 1 atom stereocenters. The number of aryl methyl sites for hydroxylation is 1. The summed E-state index contributed by atoms with van der Waals surface area (Å²) in [6, 6.07) is 9.52. The van der Waals surface area contributed by atoms with Gasteiger partial charge in [0.15, 0.2) is 0 Å². The molecule has 0 fully saturated rings. The van der Waals surface area contributed by atoms with Crippen LogP contribution in [0.25, 0.3) is 0 Å². The summed E-state index contributed by atoms with van der Waals surface area (Å²) in [5.41, 5.74) is 2.02. The van der Waals surface area contributed by atoms with E-state index in [1.165, 1.54) is 10.4 Å². The third-order valence-corrected chi connectivity index (χ3v) is 6.23. The Balaban J connectivity index is 1.55. The zero-order valence-electron chi connectivity index (χ0n) is 16.9. The summed E-state index contributed by atoms with van der Waals surface area (Å²) in [6.45, 7) is 7.38. The highest BCUT2D eigenvalue weighted by molar-refractivity contribution is 7.10. The Bertz CT molecular complexity index is 973. The summed E-state index contributed by atoms with van der Waals surface area (Å²) in [6.07, 6.45) is 3.81. The van der Waals surface area contributed by atoms with Crippen molar-refractivity contribution in [2.75, 3.05) is 6.54 Å². The van der Waals surface area contributed by atoms with E-state index in [2.05, 4.69) is 42.2 Å². The molecule has 7 heteroatoms. The van der Waals surface area contributed by atoms with Gasteiger partial charge in [-0.3, -0.25) is 9.69 Å². The van der Waals surface area contributed by atoms with E-state index in [-0.39, 0.29) is 18.0 Å². The first-order chi connectivity index (χ1) is 14.0.